The van der Waals surface area contributed by atoms with Gasteiger partial charge in [-0.15, -0.1) is 0 Å². The molecule has 1 aliphatic heterocycles. The maximum atomic E-state index is 12.0. The van der Waals surface area contributed by atoms with E-state index in [1.165, 1.54) is 57.8 Å². The molecule has 0 radical (unpaired) electrons. The number of hydrogen-bond donors (Lipinski definition) is 0. The van der Waals surface area contributed by atoms with Crippen LogP contribution in [0.15, 0.2) is 0 Å². The minimum atomic E-state index is 0.220. The molecule has 0 N–H and O–H groups in total. The van der Waals surface area contributed by atoms with Crippen LogP contribution >= 0.6 is 0 Å². The molecule has 0 aromatic heterocycles. The molecule has 0 aliphatic carbocycles. The lowest BCUT2D eigenvalue weighted by atomic mass is 9.88. The van der Waals surface area contributed by atoms with Crippen LogP contribution in [0.4, 0.5) is 0 Å². The first-order valence-corrected chi connectivity index (χ1v) is 12.0. The molecule has 1 heterocycles. The SMILES string of the molecule is CC(C)CCCC(C)CCCC(C)CCCC(C)N1CC(C)C(=O)C(C)C1. The second kappa shape index (κ2) is 13.0. The van der Waals surface area contributed by atoms with Crippen molar-refractivity contribution in [1.82, 2.24) is 4.90 Å². The molecule has 160 valence electrons. The number of carbonyl (C=O) groups excluding carboxylic acids is 1. The van der Waals surface area contributed by atoms with Crippen molar-refractivity contribution in [1.29, 1.82) is 0 Å². The van der Waals surface area contributed by atoms with Crippen molar-refractivity contribution in [3.05, 3.63) is 0 Å². The average Bonchev–Trinajstić information content (AvgIpc) is 2.58. The number of rotatable bonds is 13. The fourth-order valence-corrected chi connectivity index (χ4v) is 4.73. The van der Waals surface area contributed by atoms with Gasteiger partial charge in [0.15, 0.2) is 0 Å². The fraction of sp³-hybridized carbons (Fsp3) is 0.960. The fourth-order valence-electron chi connectivity index (χ4n) is 4.73. The predicted octanol–water partition coefficient (Wildman–Crippen LogP) is 6.97. The molecule has 1 rings (SSSR count). The second-order valence-corrected chi connectivity index (χ2v) is 10.4. The predicted molar refractivity (Wildman–Crippen MR) is 119 cm³/mol. The summed E-state index contributed by atoms with van der Waals surface area (Å²) in [4.78, 5) is 14.6. The van der Waals surface area contributed by atoms with Crippen molar-refractivity contribution in [2.45, 2.75) is 112 Å². The van der Waals surface area contributed by atoms with Crippen LogP contribution in [0.3, 0.4) is 0 Å². The molecule has 0 spiro atoms. The standard InChI is InChI=1S/C25H49NO/c1-19(2)11-8-12-20(3)13-9-14-21(4)15-10-16-24(7)26-17-22(5)25(27)23(6)18-26/h19-24H,8-18H2,1-7H3. The van der Waals surface area contributed by atoms with Crippen molar-refractivity contribution in [3.63, 3.8) is 0 Å². The van der Waals surface area contributed by atoms with Crippen molar-refractivity contribution < 1.29 is 4.79 Å². The van der Waals surface area contributed by atoms with Gasteiger partial charge in [0.1, 0.15) is 5.78 Å². The van der Waals surface area contributed by atoms with E-state index in [0.717, 1.165) is 30.8 Å². The first-order chi connectivity index (χ1) is 12.7. The van der Waals surface area contributed by atoms with E-state index in [1.54, 1.807) is 0 Å². The summed E-state index contributed by atoms with van der Waals surface area (Å²) in [6.07, 6.45) is 12.4. The Morgan fingerprint density at radius 1 is 0.741 bits per heavy atom. The van der Waals surface area contributed by atoms with Crippen LogP contribution < -0.4 is 0 Å². The minimum Gasteiger partial charge on any atom is -0.299 e. The van der Waals surface area contributed by atoms with Gasteiger partial charge in [-0.25, -0.2) is 0 Å². The molecule has 2 heteroatoms. The van der Waals surface area contributed by atoms with Crippen molar-refractivity contribution in [2.24, 2.45) is 29.6 Å². The first kappa shape index (κ1) is 24.7. The third kappa shape index (κ3) is 10.1. The van der Waals surface area contributed by atoms with Gasteiger partial charge < -0.3 is 0 Å². The van der Waals surface area contributed by atoms with Gasteiger partial charge in [0.25, 0.3) is 0 Å². The van der Waals surface area contributed by atoms with Gasteiger partial charge in [0, 0.05) is 31.0 Å². The second-order valence-electron chi connectivity index (χ2n) is 10.4. The number of carbonyl (C=O) groups is 1. The maximum Gasteiger partial charge on any atom is 0.141 e. The van der Waals surface area contributed by atoms with E-state index in [4.69, 9.17) is 0 Å². The van der Waals surface area contributed by atoms with E-state index >= 15 is 0 Å². The summed E-state index contributed by atoms with van der Waals surface area (Å²) < 4.78 is 0. The monoisotopic (exact) mass is 379 g/mol. The molecule has 1 aliphatic rings. The van der Waals surface area contributed by atoms with Crippen molar-refractivity contribution in [2.75, 3.05) is 13.1 Å². The number of nitrogens with zero attached hydrogens (tertiary/aromatic N) is 1. The van der Waals surface area contributed by atoms with Crippen LogP contribution in [0.1, 0.15) is 106 Å². The van der Waals surface area contributed by atoms with E-state index in [-0.39, 0.29) is 11.8 Å². The van der Waals surface area contributed by atoms with E-state index in [1.807, 2.05) is 0 Å². The van der Waals surface area contributed by atoms with E-state index in [2.05, 4.69) is 53.4 Å². The third-order valence-corrected chi connectivity index (χ3v) is 6.80. The van der Waals surface area contributed by atoms with Crippen molar-refractivity contribution in [3.8, 4) is 0 Å². The van der Waals surface area contributed by atoms with Gasteiger partial charge in [0.2, 0.25) is 0 Å². The van der Waals surface area contributed by atoms with Gasteiger partial charge in [-0.2, -0.15) is 0 Å². The Labute approximate surface area is 170 Å². The molecular weight excluding hydrogens is 330 g/mol. The third-order valence-electron chi connectivity index (χ3n) is 6.80. The number of hydrogen-bond acceptors (Lipinski definition) is 2. The summed E-state index contributed by atoms with van der Waals surface area (Å²) in [6.45, 7) is 18.0. The van der Waals surface area contributed by atoms with Gasteiger partial charge in [-0.1, -0.05) is 92.9 Å². The molecule has 0 aromatic rings. The Morgan fingerprint density at radius 2 is 1.15 bits per heavy atom. The zero-order valence-corrected chi connectivity index (χ0v) is 19.6. The highest BCUT2D eigenvalue weighted by Crippen LogP contribution is 2.24. The Kier molecular flexibility index (Phi) is 11.8. The average molecular weight is 380 g/mol. The highest BCUT2D eigenvalue weighted by molar-refractivity contribution is 5.83. The molecule has 5 unspecified atom stereocenters. The summed E-state index contributed by atoms with van der Waals surface area (Å²) in [5.74, 6) is 3.53. The van der Waals surface area contributed by atoms with Crippen LogP contribution in [0, 0.1) is 29.6 Å². The molecule has 0 amide bonds. The van der Waals surface area contributed by atoms with Gasteiger partial charge in [-0.05, 0) is 31.1 Å². The molecule has 27 heavy (non-hydrogen) atoms. The summed E-state index contributed by atoms with van der Waals surface area (Å²) >= 11 is 0. The summed E-state index contributed by atoms with van der Waals surface area (Å²) in [6, 6.07) is 0.621. The molecule has 1 saturated heterocycles. The smallest absolute Gasteiger partial charge is 0.141 e. The topological polar surface area (TPSA) is 20.3 Å². The number of likely N-dealkylation sites (tertiary alicyclic amines) is 1. The molecule has 5 atom stereocenters. The van der Waals surface area contributed by atoms with E-state index in [9.17, 15) is 4.79 Å². The number of ketones is 1. The Bertz CT molecular complexity index is 391. The van der Waals surface area contributed by atoms with E-state index in [0.29, 0.717) is 11.8 Å². The molecule has 1 fully saturated rings. The van der Waals surface area contributed by atoms with Crippen LogP contribution in [0.5, 0.6) is 0 Å². The quantitative estimate of drug-likeness (QED) is 0.344. The van der Waals surface area contributed by atoms with Crippen LogP contribution in [0.2, 0.25) is 0 Å². The lowest BCUT2D eigenvalue weighted by Crippen LogP contribution is -2.48. The van der Waals surface area contributed by atoms with Gasteiger partial charge in [-0.3, -0.25) is 9.69 Å². The zero-order valence-electron chi connectivity index (χ0n) is 19.6. The van der Waals surface area contributed by atoms with Gasteiger partial charge in [0.05, 0.1) is 0 Å². The molecule has 0 saturated carbocycles. The molecule has 0 bridgehead atoms. The highest BCUT2D eigenvalue weighted by atomic mass is 16.1. The molecular formula is C25H49NO. The summed E-state index contributed by atoms with van der Waals surface area (Å²) in [5, 5.41) is 0. The highest BCUT2D eigenvalue weighted by Gasteiger charge is 2.31. The molecule has 2 nitrogen and oxygen atoms in total. The van der Waals surface area contributed by atoms with Crippen LogP contribution in [0.25, 0.3) is 0 Å². The summed E-state index contributed by atoms with van der Waals surface area (Å²) in [7, 11) is 0. The largest absolute Gasteiger partial charge is 0.299 e. The number of Topliss-reactive ketones (excluding diaryl/α,β-unsaturated/α-hetero) is 1. The normalized spacial score (nSPS) is 25.0. The van der Waals surface area contributed by atoms with Crippen LogP contribution in [-0.2, 0) is 4.79 Å². The maximum absolute atomic E-state index is 12.0. The summed E-state index contributed by atoms with van der Waals surface area (Å²) in [5.41, 5.74) is 0. The minimum absolute atomic E-state index is 0.220. The van der Waals surface area contributed by atoms with E-state index < -0.39 is 0 Å². The van der Waals surface area contributed by atoms with Crippen LogP contribution in [-0.4, -0.2) is 29.8 Å². The molecule has 0 aromatic carbocycles. The lowest BCUT2D eigenvalue weighted by Gasteiger charge is -2.38. The Hall–Kier alpha value is -0.370. The van der Waals surface area contributed by atoms with Gasteiger partial charge >= 0.3 is 0 Å². The number of piperidine rings is 1. The lowest BCUT2D eigenvalue weighted by molar-refractivity contribution is -0.130. The first-order valence-electron chi connectivity index (χ1n) is 12.0. The van der Waals surface area contributed by atoms with Crippen molar-refractivity contribution >= 4 is 5.78 Å². The Balaban J connectivity index is 2.11. The Morgan fingerprint density at radius 3 is 1.59 bits per heavy atom. The zero-order chi connectivity index (χ0) is 20.4.